The number of carbonyl (C=O) groups is 3. The molecule has 5 rings (SSSR count). The van der Waals surface area contributed by atoms with Gasteiger partial charge in [-0.1, -0.05) is 60.7 Å². The van der Waals surface area contributed by atoms with E-state index in [1.807, 2.05) is 30.3 Å². The summed E-state index contributed by atoms with van der Waals surface area (Å²) < 4.78 is 0. The lowest BCUT2D eigenvalue weighted by Gasteiger charge is -2.22. The Morgan fingerprint density at radius 2 is 1.33 bits per heavy atom. The molecule has 0 spiro atoms. The zero-order chi connectivity index (χ0) is 20.8. The van der Waals surface area contributed by atoms with E-state index >= 15 is 0 Å². The number of hydrogen-bond acceptors (Lipinski definition) is 4. The van der Waals surface area contributed by atoms with Gasteiger partial charge >= 0.3 is 0 Å². The molecule has 0 heterocycles. The van der Waals surface area contributed by atoms with Crippen molar-refractivity contribution in [2.75, 3.05) is 11.1 Å². The Morgan fingerprint density at radius 3 is 2.10 bits per heavy atom. The summed E-state index contributed by atoms with van der Waals surface area (Å²) in [6.45, 7) is 0. The third-order valence-corrected chi connectivity index (χ3v) is 5.39. The van der Waals surface area contributed by atoms with E-state index in [-0.39, 0.29) is 40.0 Å². The van der Waals surface area contributed by atoms with Crippen LogP contribution < -0.4 is 11.1 Å². The topological polar surface area (TPSA) is 89.3 Å². The van der Waals surface area contributed by atoms with Gasteiger partial charge in [0, 0.05) is 22.4 Å². The maximum absolute atomic E-state index is 13.2. The first-order chi connectivity index (χ1) is 14.6. The van der Waals surface area contributed by atoms with E-state index in [1.165, 1.54) is 6.07 Å². The van der Waals surface area contributed by atoms with Crippen LogP contribution in [0, 0.1) is 0 Å². The predicted octanol–water partition coefficient (Wildman–Crippen LogP) is 4.45. The second-order valence-electron chi connectivity index (χ2n) is 7.14. The molecular weight excluding hydrogens is 376 g/mol. The van der Waals surface area contributed by atoms with E-state index in [9.17, 15) is 14.4 Å². The van der Waals surface area contributed by atoms with E-state index in [4.69, 9.17) is 5.73 Å². The normalized spacial score (nSPS) is 12.4. The van der Waals surface area contributed by atoms with Gasteiger partial charge in [0.05, 0.1) is 16.8 Å². The SMILES string of the molecule is Nc1ccc(NC(=O)c2cccc3ccccc23)c2c1C(=O)c1ccccc1C2=O. The number of carbonyl (C=O) groups excluding carboxylic acids is 3. The van der Waals surface area contributed by atoms with Gasteiger partial charge in [-0.2, -0.15) is 0 Å². The molecule has 1 amide bonds. The van der Waals surface area contributed by atoms with Crippen molar-refractivity contribution in [3.05, 3.63) is 107 Å². The van der Waals surface area contributed by atoms with Crippen LogP contribution in [-0.2, 0) is 0 Å². The lowest BCUT2D eigenvalue weighted by molar-refractivity contribution is 0.0979. The Balaban J connectivity index is 1.63. The van der Waals surface area contributed by atoms with Gasteiger partial charge in [-0.05, 0) is 29.0 Å². The smallest absolute Gasteiger partial charge is 0.256 e. The molecule has 1 aliphatic carbocycles. The van der Waals surface area contributed by atoms with Crippen LogP contribution in [0.5, 0.6) is 0 Å². The van der Waals surface area contributed by atoms with E-state index in [0.29, 0.717) is 16.7 Å². The number of nitrogens with one attached hydrogen (secondary N) is 1. The average molecular weight is 392 g/mol. The van der Waals surface area contributed by atoms with Crippen LogP contribution in [0.4, 0.5) is 11.4 Å². The third kappa shape index (κ3) is 2.60. The molecule has 0 bridgehead atoms. The molecule has 5 nitrogen and oxygen atoms in total. The van der Waals surface area contributed by atoms with Crippen molar-refractivity contribution < 1.29 is 14.4 Å². The van der Waals surface area contributed by atoms with E-state index in [0.717, 1.165) is 10.8 Å². The third-order valence-electron chi connectivity index (χ3n) is 5.39. The molecule has 0 saturated heterocycles. The summed E-state index contributed by atoms with van der Waals surface area (Å²) in [5, 5.41) is 4.56. The van der Waals surface area contributed by atoms with Crippen LogP contribution in [0.1, 0.15) is 42.2 Å². The van der Waals surface area contributed by atoms with Gasteiger partial charge in [0.1, 0.15) is 0 Å². The minimum Gasteiger partial charge on any atom is -0.398 e. The van der Waals surface area contributed by atoms with Crippen LogP contribution in [-0.4, -0.2) is 17.5 Å². The first-order valence-electron chi connectivity index (χ1n) is 9.46. The second kappa shape index (κ2) is 6.67. The highest BCUT2D eigenvalue weighted by atomic mass is 16.2. The molecule has 4 aromatic carbocycles. The second-order valence-corrected chi connectivity index (χ2v) is 7.14. The quantitative estimate of drug-likeness (QED) is 0.434. The molecule has 0 radical (unpaired) electrons. The van der Waals surface area contributed by atoms with Crippen molar-refractivity contribution in [3.63, 3.8) is 0 Å². The maximum atomic E-state index is 13.2. The van der Waals surface area contributed by atoms with E-state index < -0.39 is 0 Å². The Labute approximate surface area is 172 Å². The summed E-state index contributed by atoms with van der Waals surface area (Å²) in [6, 6.07) is 22.8. The highest BCUT2D eigenvalue weighted by molar-refractivity contribution is 6.32. The summed E-state index contributed by atoms with van der Waals surface area (Å²) >= 11 is 0. The number of anilines is 2. The average Bonchev–Trinajstić information content (AvgIpc) is 2.78. The van der Waals surface area contributed by atoms with Gasteiger partial charge in [0.25, 0.3) is 5.91 Å². The minimum absolute atomic E-state index is 0.132. The minimum atomic E-state index is -0.363. The molecule has 3 N–H and O–H groups in total. The maximum Gasteiger partial charge on any atom is 0.256 e. The van der Waals surface area contributed by atoms with Gasteiger partial charge in [0.2, 0.25) is 0 Å². The van der Waals surface area contributed by atoms with Gasteiger partial charge in [-0.15, -0.1) is 0 Å². The molecule has 5 heteroatoms. The Morgan fingerprint density at radius 1 is 0.700 bits per heavy atom. The molecule has 30 heavy (non-hydrogen) atoms. The van der Waals surface area contributed by atoms with Crippen molar-refractivity contribution in [2.45, 2.75) is 0 Å². The number of rotatable bonds is 2. The first kappa shape index (κ1) is 17.8. The highest BCUT2D eigenvalue weighted by Crippen LogP contribution is 2.35. The first-order valence-corrected chi connectivity index (χ1v) is 9.46. The fourth-order valence-electron chi connectivity index (χ4n) is 3.96. The van der Waals surface area contributed by atoms with Crippen molar-refractivity contribution >= 4 is 39.6 Å². The fraction of sp³-hybridized carbons (Fsp3) is 0. The van der Waals surface area contributed by atoms with Gasteiger partial charge in [-0.25, -0.2) is 0 Å². The van der Waals surface area contributed by atoms with Crippen LogP contribution in [0.3, 0.4) is 0 Å². The number of hydrogen-bond donors (Lipinski definition) is 2. The summed E-state index contributed by atoms with van der Waals surface area (Å²) in [5.74, 6) is -1.02. The number of fused-ring (bicyclic) bond motifs is 3. The lowest BCUT2D eigenvalue weighted by Crippen LogP contribution is -2.25. The van der Waals surface area contributed by atoms with Crippen molar-refractivity contribution in [1.82, 2.24) is 0 Å². The monoisotopic (exact) mass is 392 g/mol. The molecule has 0 saturated carbocycles. The van der Waals surface area contributed by atoms with Crippen LogP contribution >= 0.6 is 0 Å². The number of ketones is 2. The summed E-state index contributed by atoms with van der Waals surface area (Å²) in [4.78, 5) is 39.3. The van der Waals surface area contributed by atoms with Crippen molar-refractivity contribution in [3.8, 4) is 0 Å². The number of nitrogens with two attached hydrogens (primary N) is 1. The number of nitrogen functional groups attached to an aromatic ring is 1. The lowest BCUT2D eigenvalue weighted by atomic mass is 9.82. The molecule has 0 fully saturated rings. The molecule has 0 aliphatic heterocycles. The van der Waals surface area contributed by atoms with Crippen LogP contribution in [0.15, 0.2) is 78.9 Å². The molecule has 0 unspecified atom stereocenters. The van der Waals surface area contributed by atoms with Gasteiger partial charge < -0.3 is 11.1 Å². The molecule has 0 aromatic heterocycles. The van der Waals surface area contributed by atoms with Gasteiger partial charge in [0.15, 0.2) is 11.6 Å². The fourth-order valence-corrected chi connectivity index (χ4v) is 3.96. The number of benzene rings is 4. The van der Waals surface area contributed by atoms with E-state index in [1.54, 1.807) is 42.5 Å². The zero-order valence-corrected chi connectivity index (χ0v) is 15.8. The molecule has 144 valence electrons. The summed E-state index contributed by atoms with van der Waals surface area (Å²) in [7, 11) is 0. The van der Waals surface area contributed by atoms with Crippen molar-refractivity contribution in [1.29, 1.82) is 0 Å². The summed E-state index contributed by atoms with van der Waals surface area (Å²) in [6.07, 6.45) is 0. The molecule has 1 aliphatic rings. The molecule has 0 atom stereocenters. The van der Waals surface area contributed by atoms with Gasteiger partial charge in [-0.3, -0.25) is 14.4 Å². The Kier molecular flexibility index (Phi) is 3.96. The predicted molar refractivity (Wildman–Crippen MR) is 116 cm³/mol. The van der Waals surface area contributed by atoms with Crippen LogP contribution in [0.2, 0.25) is 0 Å². The van der Waals surface area contributed by atoms with Crippen molar-refractivity contribution in [2.24, 2.45) is 0 Å². The molecular formula is C25H16N2O3. The standard InChI is InChI=1S/C25H16N2O3/c26-19-12-13-20(22-21(19)23(28)16-9-3-4-10-17(16)24(22)29)27-25(30)18-11-5-7-14-6-1-2-8-15(14)18/h1-13H,26H2,(H,27,30). The molecule has 4 aromatic rings. The van der Waals surface area contributed by atoms with E-state index in [2.05, 4.69) is 5.32 Å². The Hall–Kier alpha value is -4.25. The van der Waals surface area contributed by atoms with Crippen LogP contribution in [0.25, 0.3) is 10.8 Å². The highest BCUT2D eigenvalue weighted by Gasteiger charge is 2.33. The zero-order valence-electron chi connectivity index (χ0n) is 15.8. The number of amides is 1. The summed E-state index contributed by atoms with van der Waals surface area (Å²) in [5.41, 5.74) is 7.90. The Bertz CT molecular complexity index is 1380. The largest absolute Gasteiger partial charge is 0.398 e.